The maximum atomic E-state index is 10.3. The minimum Gasteiger partial charge on any atom is -0.790 e. The van der Waals surface area contributed by atoms with Crippen molar-refractivity contribution >= 4 is 29.4 Å². The molecule has 0 aliphatic heterocycles. The van der Waals surface area contributed by atoms with Crippen molar-refractivity contribution in [1.82, 2.24) is 0 Å². The van der Waals surface area contributed by atoms with Crippen molar-refractivity contribution in [2.45, 2.75) is 6.61 Å². The summed E-state index contributed by atoms with van der Waals surface area (Å²) in [5.41, 5.74) is 1.20. The number of fused-ring (bicyclic) bond motifs is 2. The van der Waals surface area contributed by atoms with E-state index in [1.807, 2.05) is 0 Å². The summed E-state index contributed by atoms with van der Waals surface area (Å²) in [6.45, 7) is 4.50. The van der Waals surface area contributed by atoms with E-state index in [-0.39, 0.29) is 19.8 Å². The third kappa shape index (κ3) is 11.8. The highest BCUT2D eigenvalue weighted by atomic mass is 31.2. The molecule has 10 nitrogen and oxygen atoms in total. The first kappa shape index (κ1) is 30.6. The number of phosphoric acid groups is 1. The summed E-state index contributed by atoms with van der Waals surface area (Å²) in [5, 5.41) is 4.85. The van der Waals surface area contributed by atoms with Crippen LogP contribution < -0.4 is 9.79 Å². The van der Waals surface area contributed by atoms with Crippen molar-refractivity contribution in [3.05, 3.63) is 60.2 Å². The first-order valence-corrected chi connectivity index (χ1v) is 14.0. The second kappa shape index (κ2) is 17.6. The second-order valence-electron chi connectivity index (χ2n) is 8.19. The molecule has 0 spiro atoms. The Morgan fingerprint density at radius 3 is 1.32 bits per heavy atom. The summed E-state index contributed by atoms with van der Waals surface area (Å²) in [7, 11) is -4.93. The summed E-state index contributed by atoms with van der Waals surface area (Å²) >= 11 is 0. The van der Waals surface area contributed by atoms with Gasteiger partial charge in [0.15, 0.2) is 0 Å². The van der Waals surface area contributed by atoms with Gasteiger partial charge in [-0.05, 0) is 33.2 Å². The van der Waals surface area contributed by atoms with Crippen molar-refractivity contribution < 1.29 is 47.3 Å². The lowest BCUT2D eigenvalue weighted by atomic mass is 9.97. The van der Waals surface area contributed by atoms with Crippen LogP contribution in [-0.2, 0) is 44.1 Å². The molecule has 3 aromatic carbocycles. The SMILES string of the molecule is O=P([O-])([O-])OCCOCCOCCOCCOCCOCCOCc1c2ccccc2cc2ccccc12. The molecule has 0 radical (unpaired) electrons. The molecular weight excluding hydrogens is 515 g/mol. The topological polar surface area (TPSA) is 128 Å². The summed E-state index contributed by atoms with van der Waals surface area (Å²) < 4.78 is 47.1. The van der Waals surface area contributed by atoms with Crippen LogP contribution >= 0.6 is 7.82 Å². The lowest BCUT2D eigenvalue weighted by molar-refractivity contribution is -0.342. The molecule has 0 atom stereocenters. The molecule has 0 aliphatic carbocycles. The van der Waals surface area contributed by atoms with Gasteiger partial charge >= 0.3 is 0 Å². The van der Waals surface area contributed by atoms with Gasteiger partial charge in [0.25, 0.3) is 0 Å². The van der Waals surface area contributed by atoms with Gasteiger partial charge in [-0.1, -0.05) is 48.5 Å². The Morgan fingerprint density at radius 1 is 0.526 bits per heavy atom. The molecule has 0 unspecified atom stereocenters. The molecule has 0 aromatic heterocycles. The van der Waals surface area contributed by atoms with Crippen LogP contribution in [0.5, 0.6) is 0 Å². The fourth-order valence-corrected chi connectivity index (χ4v) is 4.04. The molecule has 0 N–H and O–H groups in total. The lowest BCUT2D eigenvalue weighted by Gasteiger charge is -2.28. The number of rotatable bonds is 21. The van der Waals surface area contributed by atoms with Crippen LogP contribution in [0, 0.1) is 0 Å². The Hall–Kier alpha value is -1.95. The van der Waals surface area contributed by atoms with E-state index in [0.29, 0.717) is 66.1 Å². The van der Waals surface area contributed by atoms with Crippen LogP contribution in [0.2, 0.25) is 0 Å². The fraction of sp³-hybridized carbons (Fsp3) is 0.481. The van der Waals surface area contributed by atoms with E-state index < -0.39 is 7.82 Å². The van der Waals surface area contributed by atoms with Gasteiger partial charge in [0, 0.05) is 0 Å². The van der Waals surface area contributed by atoms with Gasteiger partial charge in [-0.15, -0.1) is 0 Å². The van der Waals surface area contributed by atoms with Crippen molar-refractivity contribution in [3.8, 4) is 0 Å². The van der Waals surface area contributed by atoms with Gasteiger partial charge in [0.1, 0.15) is 0 Å². The van der Waals surface area contributed by atoms with E-state index in [1.165, 1.54) is 27.1 Å². The number of benzene rings is 3. The lowest BCUT2D eigenvalue weighted by Crippen LogP contribution is -2.19. The fourth-order valence-electron chi connectivity index (χ4n) is 3.75. The average molecular weight is 551 g/mol. The highest BCUT2D eigenvalue weighted by Gasteiger charge is 2.07. The Labute approximate surface area is 222 Å². The van der Waals surface area contributed by atoms with Gasteiger partial charge in [0.05, 0.1) is 93.7 Å². The molecule has 210 valence electrons. The first-order chi connectivity index (χ1) is 18.5. The van der Waals surface area contributed by atoms with Crippen LogP contribution in [0.25, 0.3) is 21.5 Å². The van der Waals surface area contributed by atoms with Crippen molar-refractivity contribution in [2.24, 2.45) is 0 Å². The van der Waals surface area contributed by atoms with Gasteiger partial charge < -0.3 is 47.3 Å². The minimum absolute atomic E-state index is 0.00490. The maximum Gasteiger partial charge on any atom is 0.0752 e. The Balaban J connectivity index is 1.12. The highest BCUT2D eigenvalue weighted by molar-refractivity contribution is 7.43. The van der Waals surface area contributed by atoms with Crippen LogP contribution in [0.3, 0.4) is 0 Å². The van der Waals surface area contributed by atoms with E-state index in [4.69, 9.17) is 28.4 Å². The van der Waals surface area contributed by atoms with Crippen LogP contribution in [0.4, 0.5) is 0 Å². The summed E-state index contributed by atoms with van der Waals surface area (Å²) in [6.07, 6.45) is 0. The zero-order valence-corrected chi connectivity index (χ0v) is 22.3. The minimum atomic E-state index is -4.93. The Morgan fingerprint density at radius 2 is 0.895 bits per heavy atom. The van der Waals surface area contributed by atoms with Gasteiger partial charge in [-0.25, -0.2) is 0 Å². The van der Waals surface area contributed by atoms with Crippen LogP contribution in [-0.4, -0.2) is 79.3 Å². The quantitative estimate of drug-likeness (QED) is 0.111. The zero-order valence-electron chi connectivity index (χ0n) is 21.4. The van der Waals surface area contributed by atoms with Crippen molar-refractivity contribution in [2.75, 3.05) is 79.3 Å². The molecule has 3 aromatic rings. The molecular formula is C27H35O10P-2. The third-order valence-electron chi connectivity index (χ3n) is 5.47. The molecule has 0 fully saturated rings. The smallest absolute Gasteiger partial charge is 0.0752 e. The molecule has 11 heteroatoms. The number of phosphoric ester groups is 1. The molecule has 0 saturated heterocycles. The zero-order chi connectivity index (χ0) is 26.9. The van der Waals surface area contributed by atoms with Gasteiger partial charge in [-0.2, -0.15) is 0 Å². The van der Waals surface area contributed by atoms with Gasteiger partial charge in [-0.3, -0.25) is 0 Å². The number of hydrogen-bond acceptors (Lipinski definition) is 10. The first-order valence-electron chi connectivity index (χ1n) is 12.6. The summed E-state index contributed by atoms with van der Waals surface area (Å²) in [4.78, 5) is 20.5. The molecule has 0 heterocycles. The van der Waals surface area contributed by atoms with Crippen molar-refractivity contribution in [1.29, 1.82) is 0 Å². The van der Waals surface area contributed by atoms with Crippen LogP contribution in [0.1, 0.15) is 5.56 Å². The monoisotopic (exact) mass is 550 g/mol. The molecule has 0 saturated carbocycles. The van der Waals surface area contributed by atoms with Crippen molar-refractivity contribution in [3.63, 3.8) is 0 Å². The predicted octanol–water partition coefficient (Wildman–Crippen LogP) is 2.44. The van der Waals surface area contributed by atoms with Crippen LogP contribution in [0.15, 0.2) is 54.6 Å². The number of ether oxygens (including phenoxy) is 6. The molecule has 38 heavy (non-hydrogen) atoms. The maximum absolute atomic E-state index is 10.3. The molecule has 0 amide bonds. The molecule has 0 aliphatic rings. The van der Waals surface area contributed by atoms with Gasteiger partial charge in [0.2, 0.25) is 0 Å². The summed E-state index contributed by atoms with van der Waals surface area (Å²) in [6, 6.07) is 19.0. The standard InChI is InChI=1S/C27H37O10P/c28-38(29,30)37-20-19-35-16-15-33-12-11-31-9-10-32-13-14-34-17-18-36-22-27-25-7-3-1-5-23(25)21-24-6-2-4-8-26(24)27/h1-8,21H,9-20,22H2,(H2,28,29,30)/p-2. The largest absolute Gasteiger partial charge is 0.790 e. The van der Waals surface area contributed by atoms with E-state index in [1.54, 1.807) is 0 Å². The van der Waals surface area contributed by atoms with E-state index in [9.17, 15) is 14.4 Å². The van der Waals surface area contributed by atoms with E-state index in [0.717, 1.165) is 0 Å². The molecule has 3 rings (SSSR count). The summed E-state index contributed by atoms with van der Waals surface area (Å²) in [5.74, 6) is 0. The van der Waals surface area contributed by atoms with E-state index in [2.05, 4.69) is 59.1 Å². The number of hydrogen-bond donors (Lipinski definition) is 0. The predicted molar refractivity (Wildman–Crippen MR) is 139 cm³/mol. The molecule has 0 bridgehead atoms. The third-order valence-corrected chi connectivity index (χ3v) is 5.97. The Bertz CT molecular complexity index is 1070. The Kier molecular flexibility index (Phi) is 14.2. The average Bonchev–Trinajstić information content (AvgIpc) is 2.90. The van der Waals surface area contributed by atoms with E-state index >= 15 is 0 Å². The second-order valence-corrected chi connectivity index (χ2v) is 9.34. The normalized spacial score (nSPS) is 12.1. The highest BCUT2D eigenvalue weighted by Crippen LogP contribution is 2.29.